The van der Waals surface area contributed by atoms with E-state index in [2.05, 4.69) is 66.8 Å². The van der Waals surface area contributed by atoms with Crippen LogP contribution in [0.25, 0.3) is 5.57 Å². The van der Waals surface area contributed by atoms with E-state index in [1.807, 2.05) is 48.5 Å². The quantitative estimate of drug-likeness (QED) is 0.325. The molecule has 0 heterocycles. The van der Waals surface area contributed by atoms with Gasteiger partial charge in [0.25, 0.3) is 0 Å². The van der Waals surface area contributed by atoms with Crippen molar-refractivity contribution in [1.82, 2.24) is 0 Å². The summed E-state index contributed by atoms with van der Waals surface area (Å²) in [4.78, 5) is 16.9. The Morgan fingerprint density at radius 2 is 1.33 bits per heavy atom. The van der Waals surface area contributed by atoms with Crippen molar-refractivity contribution < 1.29 is 9.53 Å². The fourth-order valence-corrected chi connectivity index (χ4v) is 4.06. The van der Waals surface area contributed by atoms with Gasteiger partial charge in [0.05, 0.1) is 12.3 Å². The summed E-state index contributed by atoms with van der Waals surface area (Å²) in [5.74, 6) is -0.430. The van der Waals surface area contributed by atoms with Crippen molar-refractivity contribution in [2.24, 2.45) is 10.9 Å². The highest BCUT2D eigenvalue weighted by molar-refractivity contribution is 6.07. The van der Waals surface area contributed by atoms with E-state index in [4.69, 9.17) is 9.73 Å². The van der Waals surface area contributed by atoms with Crippen molar-refractivity contribution >= 4 is 17.3 Å². The lowest BCUT2D eigenvalue weighted by molar-refractivity contribution is -0.141. The third-order valence-corrected chi connectivity index (χ3v) is 5.49. The molecule has 0 bridgehead atoms. The highest BCUT2D eigenvalue weighted by Gasteiger charge is 2.24. The van der Waals surface area contributed by atoms with Gasteiger partial charge in [-0.1, -0.05) is 115 Å². The Balaban J connectivity index is 1.89. The van der Waals surface area contributed by atoms with E-state index in [1.165, 1.54) is 0 Å². The molecule has 164 valence electrons. The maximum atomic E-state index is 12.1. The molecule has 3 nitrogen and oxygen atoms in total. The van der Waals surface area contributed by atoms with E-state index in [9.17, 15) is 4.79 Å². The van der Waals surface area contributed by atoms with E-state index >= 15 is 0 Å². The molecule has 0 aliphatic heterocycles. The van der Waals surface area contributed by atoms with Crippen LogP contribution in [0.4, 0.5) is 0 Å². The molecule has 0 fully saturated rings. The maximum absolute atomic E-state index is 12.1. The second-order valence-corrected chi connectivity index (χ2v) is 7.66. The second-order valence-electron chi connectivity index (χ2n) is 7.66. The van der Waals surface area contributed by atoms with Crippen LogP contribution >= 0.6 is 0 Å². The van der Waals surface area contributed by atoms with Gasteiger partial charge in [0.15, 0.2) is 0 Å². The Bertz CT molecular complexity index is 1150. The number of aliphatic imine (C=N–C) groups is 1. The SMILES string of the molecule is CCOC(=O)CN=C(c1ccccc1)C1C=CC=CC1=C(c1ccccc1)c1ccccc1. The predicted octanol–water partition coefficient (Wildman–Crippen LogP) is 6.28. The van der Waals surface area contributed by atoms with Crippen LogP contribution in [0, 0.1) is 5.92 Å². The molecule has 1 unspecified atom stereocenters. The number of ether oxygens (including phenoxy) is 1. The highest BCUT2D eigenvalue weighted by atomic mass is 16.5. The van der Waals surface area contributed by atoms with Crippen LogP contribution in [-0.4, -0.2) is 24.8 Å². The molecule has 33 heavy (non-hydrogen) atoms. The van der Waals surface area contributed by atoms with E-state index in [0.29, 0.717) is 6.61 Å². The predicted molar refractivity (Wildman–Crippen MR) is 135 cm³/mol. The Morgan fingerprint density at radius 1 is 0.788 bits per heavy atom. The van der Waals surface area contributed by atoms with Gasteiger partial charge in [-0.15, -0.1) is 0 Å². The van der Waals surface area contributed by atoms with Gasteiger partial charge in [-0.05, 0) is 34.8 Å². The summed E-state index contributed by atoms with van der Waals surface area (Å²) in [7, 11) is 0. The van der Waals surface area contributed by atoms with Crippen molar-refractivity contribution in [2.45, 2.75) is 6.92 Å². The molecular formula is C30H27NO2. The molecule has 0 aromatic heterocycles. The first-order valence-corrected chi connectivity index (χ1v) is 11.2. The van der Waals surface area contributed by atoms with E-state index in [1.54, 1.807) is 6.92 Å². The van der Waals surface area contributed by atoms with Crippen molar-refractivity contribution in [3.05, 3.63) is 138 Å². The molecule has 1 aliphatic rings. The highest BCUT2D eigenvalue weighted by Crippen LogP contribution is 2.35. The average Bonchev–Trinajstić information content (AvgIpc) is 2.87. The number of carbonyl (C=O) groups is 1. The molecule has 1 aliphatic carbocycles. The van der Waals surface area contributed by atoms with Gasteiger partial charge < -0.3 is 4.74 Å². The van der Waals surface area contributed by atoms with Gasteiger partial charge in [0.1, 0.15) is 6.54 Å². The molecule has 1 atom stereocenters. The molecule has 3 aromatic carbocycles. The summed E-state index contributed by atoms with van der Waals surface area (Å²) >= 11 is 0. The maximum Gasteiger partial charge on any atom is 0.327 e. The van der Waals surface area contributed by atoms with Crippen LogP contribution in [0.1, 0.15) is 23.6 Å². The van der Waals surface area contributed by atoms with E-state index in [0.717, 1.165) is 33.5 Å². The van der Waals surface area contributed by atoms with E-state index < -0.39 is 0 Å². The number of benzene rings is 3. The zero-order chi connectivity index (χ0) is 22.9. The molecule has 0 amide bonds. The van der Waals surface area contributed by atoms with Gasteiger partial charge in [0.2, 0.25) is 0 Å². The largest absolute Gasteiger partial charge is 0.465 e. The van der Waals surface area contributed by atoms with Crippen molar-refractivity contribution in [3.63, 3.8) is 0 Å². The molecule has 3 aromatic rings. The van der Waals surface area contributed by atoms with Gasteiger partial charge in [-0.2, -0.15) is 0 Å². The molecule has 0 spiro atoms. The first kappa shape index (κ1) is 22.2. The third kappa shape index (κ3) is 5.45. The zero-order valence-corrected chi connectivity index (χ0v) is 18.7. The molecule has 0 radical (unpaired) electrons. The first-order chi connectivity index (χ1) is 16.3. The van der Waals surface area contributed by atoms with Gasteiger partial charge in [-0.25, -0.2) is 0 Å². The lowest BCUT2D eigenvalue weighted by atomic mass is 9.80. The molecule has 4 rings (SSSR count). The zero-order valence-electron chi connectivity index (χ0n) is 18.7. The van der Waals surface area contributed by atoms with Crippen LogP contribution in [0.15, 0.2) is 126 Å². The summed E-state index contributed by atoms with van der Waals surface area (Å²) in [5.41, 5.74) is 6.42. The number of rotatable bonds is 7. The number of hydrogen-bond acceptors (Lipinski definition) is 3. The number of allylic oxidation sites excluding steroid dienone is 5. The van der Waals surface area contributed by atoms with Gasteiger partial charge in [-0.3, -0.25) is 9.79 Å². The topological polar surface area (TPSA) is 38.7 Å². The fraction of sp³-hybridized carbons (Fsp3) is 0.133. The van der Waals surface area contributed by atoms with Gasteiger partial charge >= 0.3 is 5.97 Å². The summed E-state index contributed by atoms with van der Waals surface area (Å²) in [6.45, 7) is 2.14. The van der Waals surface area contributed by atoms with Crippen molar-refractivity contribution in [3.8, 4) is 0 Å². The second kappa shape index (κ2) is 11.1. The minimum atomic E-state index is -0.321. The molecule has 0 N–H and O–H groups in total. The van der Waals surface area contributed by atoms with Crippen molar-refractivity contribution in [1.29, 1.82) is 0 Å². The standard InChI is InChI=1S/C30H27NO2/c1-2-33-28(32)22-31-30(25-18-10-5-11-19-25)27-21-13-12-20-26(27)29(23-14-6-3-7-15-23)24-16-8-4-9-17-24/h3-21,27H,2,22H2,1H3. The average molecular weight is 434 g/mol. The molecule has 3 heteroatoms. The van der Waals surface area contributed by atoms with Crippen LogP contribution in [0.2, 0.25) is 0 Å². The van der Waals surface area contributed by atoms with E-state index in [-0.39, 0.29) is 18.4 Å². The molecule has 0 saturated carbocycles. The number of esters is 1. The number of nitrogens with zero attached hydrogens (tertiary/aromatic N) is 1. The van der Waals surface area contributed by atoms with Crippen molar-refractivity contribution in [2.75, 3.05) is 13.2 Å². The summed E-state index contributed by atoms with van der Waals surface area (Å²) in [6.07, 6.45) is 8.41. The normalized spacial score (nSPS) is 15.4. The summed E-state index contributed by atoms with van der Waals surface area (Å²) in [5, 5.41) is 0. The Hall–Kier alpha value is -3.98. The molecule has 0 saturated heterocycles. The third-order valence-electron chi connectivity index (χ3n) is 5.49. The Labute approximate surface area is 195 Å². The van der Waals surface area contributed by atoms with Crippen LogP contribution in [-0.2, 0) is 9.53 Å². The lowest BCUT2D eigenvalue weighted by Crippen LogP contribution is -2.20. The van der Waals surface area contributed by atoms with Gasteiger partial charge in [0, 0.05) is 5.92 Å². The number of hydrogen-bond donors (Lipinski definition) is 0. The monoisotopic (exact) mass is 433 g/mol. The lowest BCUT2D eigenvalue weighted by Gasteiger charge is -2.24. The first-order valence-electron chi connectivity index (χ1n) is 11.2. The Morgan fingerprint density at radius 3 is 1.88 bits per heavy atom. The minimum absolute atomic E-state index is 0.00852. The fourth-order valence-electron chi connectivity index (χ4n) is 4.06. The number of carbonyl (C=O) groups excluding carboxylic acids is 1. The smallest absolute Gasteiger partial charge is 0.327 e. The Kier molecular flexibility index (Phi) is 7.44. The minimum Gasteiger partial charge on any atom is -0.465 e. The summed E-state index contributed by atoms with van der Waals surface area (Å²) in [6, 6.07) is 30.9. The summed E-state index contributed by atoms with van der Waals surface area (Å²) < 4.78 is 5.14. The molecular weight excluding hydrogens is 406 g/mol. The van der Waals surface area contributed by atoms with Crippen LogP contribution in [0.5, 0.6) is 0 Å². The van der Waals surface area contributed by atoms with Crippen LogP contribution < -0.4 is 0 Å². The van der Waals surface area contributed by atoms with Crippen LogP contribution in [0.3, 0.4) is 0 Å².